The van der Waals surface area contributed by atoms with Gasteiger partial charge in [0.15, 0.2) is 0 Å². The van der Waals surface area contributed by atoms with Gasteiger partial charge in [-0.2, -0.15) is 0 Å². The van der Waals surface area contributed by atoms with Gasteiger partial charge in [0, 0.05) is 11.0 Å². The predicted octanol–water partition coefficient (Wildman–Crippen LogP) is 2.08. The average Bonchev–Trinajstić information content (AvgIpc) is 2.57. The highest BCUT2D eigenvalue weighted by molar-refractivity contribution is 9.10. The zero-order chi connectivity index (χ0) is 12.8. The Bertz CT molecular complexity index is 394. The van der Waals surface area contributed by atoms with Crippen LogP contribution in [0.1, 0.15) is 6.42 Å². The molecule has 0 aliphatic carbocycles. The van der Waals surface area contributed by atoms with Gasteiger partial charge in [0.1, 0.15) is 12.4 Å². The minimum atomic E-state index is 0.145. The minimum Gasteiger partial charge on any atom is -0.492 e. The summed E-state index contributed by atoms with van der Waals surface area (Å²) in [5, 5.41) is 0. The van der Waals surface area contributed by atoms with E-state index < -0.39 is 0 Å². The molecule has 1 amide bonds. The molecule has 5 heteroatoms. The predicted molar refractivity (Wildman–Crippen MR) is 71.7 cm³/mol. The number of carbonyl (C=O) groups excluding carboxylic acids is 1. The number of ether oxygens (including phenoxy) is 2. The Labute approximate surface area is 115 Å². The summed E-state index contributed by atoms with van der Waals surface area (Å²) in [4.78, 5) is 13.5. The molecule has 1 aromatic carbocycles. The normalized spacial score (nSPS) is 16.5. The summed E-state index contributed by atoms with van der Waals surface area (Å²) >= 11 is 3.37. The van der Waals surface area contributed by atoms with E-state index in [-0.39, 0.29) is 5.91 Å². The van der Waals surface area contributed by atoms with Gasteiger partial charge in [-0.3, -0.25) is 4.79 Å². The Morgan fingerprint density at radius 2 is 2.06 bits per heavy atom. The number of nitrogens with zero attached hydrogens (tertiary/aromatic N) is 1. The van der Waals surface area contributed by atoms with Gasteiger partial charge in [-0.05, 0) is 24.3 Å². The van der Waals surface area contributed by atoms with E-state index in [1.807, 2.05) is 24.3 Å². The van der Waals surface area contributed by atoms with Crippen LogP contribution in [0, 0.1) is 0 Å². The Morgan fingerprint density at radius 3 is 2.83 bits per heavy atom. The topological polar surface area (TPSA) is 38.8 Å². The van der Waals surface area contributed by atoms with Crippen molar-refractivity contribution in [2.24, 2.45) is 0 Å². The van der Waals surface area contributed by atoms with Crippen molar-refractivity contribution in [3.8, 4) is 5.75 Å². The van der Waals surface area contributed by atoms with Crippen molar-refractivity contribution in [1.82, 2.24) is 4.90 Å². The van der Waals surface area contributed by atoms with Gasteiger partial charge in [-0.1, -0.05) is 15.9 Å². The molecule has 0 saturated carbocycles. The molecule has 1 aliphatic heterocycles. The molecule has 1 saturated heterocycles. The van der Waals surface area contributed by atoms with E-state index >= 15 is 0 Å². The molecule has 4 nitrogen and oxygen atoms in total. The fourth-order valence-corrected chi connectivity index (χ4v) is 2.02. The van der Waals surface area contributed by atoms with Crippen molar-refractivity contribution in [3.63, 3.8) is 0 Å². The van der Waals surface area contributed by atoms with Gasteiger partial charge in [0.05, 0.1) is 26.2 Å². The smallest absolute Gasteiger partial charge is 0.225 e. The summed E-state index contributed by atoms with van der Waals surface area (Å²) in [6.45, 7) is 2.92. The molecular weight excluding hydrogens is 298 g/mol. The van der Waals surface area contributed by atoms with E-state index in [2.05, 4.69) is 15.9 Å². The van der Waals surface area contributed by atoms with E-state index in [0.717, 1.165) is 10.2 Å². The molecule has 1 fully saturated rings. The number of carbonyl (C=O) groups is 1. The Kier molecular flexibility index (Phi) is 5.01. The van der Waals surface area contributed by atoms with Crippen LogP contribution < -0.4 is 4.74 Å². The van der Waals surface area contributed by atoms with Crippen LogP contribution in [0.2, 0.25) is 0 Å². The molecule has 0 N–H and O–H groups in total. The van der Waals surface area contributed by atoms with Gasteiger partial charge in [0.2, 0.25) is 5.91 Å². The fourth-order valence-electron chi connectivity index (χ4n) is 1.76. The minimum absolute atomic E-state index is 0.145. The van der Waals surface area contributed by atoms with Gasteiger partial charge >= 0.3 is 0 Å². The van der Waals surface area contributed by atoms with Crippen LogP contribution in [0.15, 0.2) is 28.7 Å². The monoisotopic (exact) mass is 313 g/mol. The van der Waals surface area contributed by atoms with Crippen molar-refractivity contribution < 1.29 is 14.3 Å². The first-order chi connectivity index (χ1) is 8.75. The SMILES string of the molecule is O=C1CCOCCN1CCOc1ccc(Br)cc1. The lowest BCUT2D eigenvalue weighted by molar-refractivity contribution is -0.130. The van der Waals surface area contributed by atoms with Crippen LogP contribution in [0.3, 0.4) is 0 Å². The number of rotatable bonds is 4. The highest BCUT2D eigenvalue weighted by Crippen LogP contribution is 2.16. The first kappa shape index (κ1) is 13.4. The molecule has 0 spiro atoms. The first-order valence-electron chi connectivity index (χ1n) is 5.99. The highest BCUT2D eigenvalue weighted by Gasteiger charge is 2.16. The Morgan fingerprint density at radius 1 is 1.28 bits per heavy atom. The van der Waals surface area contributed by atoms with E-state index in [1.165, 1.54) is 0 Å². The van der Waals surface area contributed by atoms with Gasteiger partial charge in [0.25, 0.3) is 0 Å². The Hall–Kier alpha value is -1.07. The summed E-state index contributed by atoms with van der Waals surface area (Å²) in [7, 11) is 0. The quantitative estimate of drug-likeness (QED) is 0.854. The van der Waals surface area contributed by atoms with E-state index in [0.29, 0.717) is 39.3 Å². The second-order valence-electron chi connectivity index (χ2n) is 4.05. The summed E-state index contributed by atoms with van der Waals surface area (Å²) in [6, 6.07) is 7.66. The second kappa shape index (κ2) is 6.75. The zero-order valence-electron chi connectivity index (χ0n) is 10.1. The van der Waals surface area contributed by atoms with Crippen LogP contribution in [0.4, 0.5) is 0 Å². The standard InChI is InChI=1S/C13H16BrNO3/c14-11-1-3-12(4-2-11)18-10-7-15-6-9-17-8-5-13(15)16/h1-4H,5-10H2. The number of halogens is 1. The van der Waals surface area contributed by atoms with Crippen molar-refractivity contribution >= 4 is 21.8 Å². The molecule has 0 atom stereocenters. The molecular formula is C13H16BrNO3. The van der Waals surface area contributed by atoms with Gasteiger partial charge < -0.3 is 14.4 Å². The van der Waals surface area contributed by atoms with E-state index in [1.54, 1.807) is 4.90 Å². The Balaban J connectivity index is 1.77. The third-order valence-electron chi connectivity index (χ3n) is 2.76. The number of amides is 1. The van der Waals surface area contributed by atoms with Crippen LogP contribution in [0.5, 0.6) is 5.75 Å². The molecule has 98 valence electrons. The van der Waals surface area contributed by atoms with Crippen molar-refractivity contribution in [2.75, 3.05) is 32.9 Å². The lowest BCUT2D eigenvalue weighted by Gasteiger charge is -2.19. The molecule has 0 aromatic heterocycles. The molecule has 2 rings (SSSR count). The van der Waals surface area contributed by atoms with Crippen LogP contribution in [-0.2, 0) is 9.53 Å². The summed E-state index contributed by atoms with van der Waals surface area (Å²) in [5.74, 6) is 0.962. The zero-order valence-corrected chi connectivity index (χ0v) is 11.7. The molecule has 18 heavy (non-hydrogen) atoms. The molecule has 0 bridgehead atoms. The fraction of sp³-hybridized carbons (Fsp3) is 0.462. The highest BCUT2D eigenvalue weighted by atomic mass is 79.9. The maximum atomic E-state index is 11.7. The van der Waals surface area contributed by atoms with Crippen LogP contribution in [-0.4, -0.2) is 43.7 Å². The number of hydrogen-bond acceptors (Lipinski definition) is 3. The maximum absolute atomic E-state index is 11.7. The van der Waals surface area contributed by atoms with Crippen molar-refractivity contribution in [2.45, 2.75) is 6.42 Å². The lowest BCUT2D eigenvalue weighted by Crippen LogP contribution is -2.35. The molecule has 0 radical (unpaired) electrons. The summed E-state index contributed by atoms with van der Waals surface area (Å²) in [5.41, 5.74) is 0. The molecule has 1 heterocycles. The second-order valence-corrected chi connectivity index (χ2v) is 4.96. The van der Waals surface area contributed by atoms with E-state index in [4.69, 9.17) is 9.47 Å². The van der Waals surface area contributed by atoms with Gasteiger partial charge in [-0.15, -0.1) is 0 Å². The summed E-state index contributed by atoms with van der Waals surface area (Å²) < 4.78 is 11.9. The number of hydrogen-bond donors (Lipinski definition) is 0. The molecule has 0 unspecified atom stereocenters. The van der Waals surface area contributed by atoms with Gasteiger partial charge in [-0.25, -0.2) is 0 Å². The molecule has 1 aromatic rings. The van der Waals surface area contributed by atoms with E-state index in [9.17, 15) is 4.79 Å². The summed E-state index contributed by atoms with van der Waals surface area (Å²) in [6.07, 6.45) is 0.471. The molecule has 1 aliphatic rings. The van der Waals surface area contributed by atoms with Crippen molar-refractivity contribution in [3.05, 3.63) is 28.7 Å². The van der Waals surface area contributed by atoms with Crippen molar-refractivity contribution in [1.29, 1.82) is 0 Å². The number of benzene rings is 1. The van der Waals surface area contributed by atoms with Crippen LogP contribution >= 0.6 is 15.9 Å². The lowest BCUT2D eigenvalue weighted by atomic mass is 10.3. The first-order valence-corrected chi connectivity index (χ1v) is 6.79. The maximum Gasteiger partial charge on any atom is 0.225 e. The third-order valence-corrected chi connectivity index (χ3v) is 3.29. The largest absolute Gasteiger partial charge is 0.492 e. The van der Waals surface area contributed by atoms with Crippen LogP contribution in [0.25, 0.3) is 0 Å². The average molecular weight is 314 g/mol. The third kappa shape index (κ3) is 3.99.